The van der Waals surface area contributed by atoms with Crippen molar-refractivity contribution in [2.75, 3.05) is 0 Å². The highest BCUT2D eigenvalue weighted by molar-refractivity contribution is 6.30. The number of para-hydroxylation sites is 1. The Bertz CT molecular complexity index is 1640. The molecular weight excluding hydrogens is 552 g/mol. The van der Waals surface area contributed by atoms with E-state index in [1.807, 2.05) is 18.2 Å². The van der Waals surface area contributed by atoms with Crippen LogP contribution in [0.5, 0.6) is 0 Å². The fourth-order valence-electron chi connectivity index (χ4n) is 8.56. The number of fused-ring (bicyclic) bond motifs is 1. The first-order valence-corrected chi connectivity index (χ1v) is 16.5. The van der Waals surface area contributed by atoms with E-state index < -0.39 is 0 Å². The van der Waals surface area contributed by atoms with Gasteiger partial charge in [-0.15, -0.1) is 0 Å². The molecule has 1 aliphatic heterocycles. The smallest absolute Gasteiger partial charge is 0.162 e. The fourth-order valence-corrected chi connectivity index (χ4v) is 8.77. The normalized spacial score (nSPS) is 22.8. The monoisotopic (exact) mass is 594 g/mol. The number of hydrogen-bond acceptors (Lipinski definition) is 3. The number of allylic oxidation sites excluding steroid dienone is 4. The molecule has 0 N–H and O–H groups in total. The first-order chi connectivity index (χ1) is 20.5. The van der Waals surface area contributed by atoms with Crippen molar-refractivity contribution in [3.8, 4) is 0 Å². The summed E-state index contributed by atoms with van der Waals surface area (Å²) < 4.78 is 2.28. The number of benzene rings is 2. The second-order valence-electron chi connectivity index (χ2n) is 15.1. The molecule has 1 fully saturated rings. The van der Waals surface area contributed by atoms with Crippen molar-refractivity contribution in [2.24, 2.45) is 10.8 Å². The Morgan fingerprint density at radius 1 is 0.791 bits per heavy atom. The molecule has 2 aromatic carbocycles. The van der Waals surface area contributed by atoms with Crippen LogP contribution in [0.2, 0.25) is 5.02 Å². The number of rotatable bonds is 4. The molecular formula is C38H43ClN2O2. The molecule has 0 unspecified atom stereocenters. The van der Waals surface area contributed by atoms with Gasteiger partial charge in [0, 0.05) is 76.0 Å². The summed E-state index contributed by atoms with van der Waals surface area (Å²) in [7, 11) is 0. The van der Waals surface area contributed by atoms with Crippen molar-refractivity contribution in [3.05, 3.63) is 93.4 Å². The molecule has 0 radical (unpaired) electrons. The van der Waals surface area contributed by atoms with Gasteiger partial charge >= 0.3 is 0 Å². The Morgan fingerprint density at radius 2 is 1.42 bits per heavy atom. The lowest BCUT2D eigenvalue weighted by Crippen LogP contribution is -2.48. The van der Waals surface area contributed by atoms with Gasteiger partial charge in [-0.2, -0.15) is 0 Å². The Kier molecular flexibility index (Phi) is 7.00. The second kappa shape index (κ2) is 10.5. The Balaban J connectivity index is 1.47. The van der Waals surface area contributed by atoms with Crippen molar-refractivity contribution >= 4 is 34.1 Å². The molecule has 4 aliphatic rings. The molecule has 1 aromatic heterocycles. The van der Waals surface area contributed by atoms with E-state index in [9.17, 15) is 9.59 Å². The van der Waals surface area contributed by atoms with Crippen LogP contribution in [0.4, 0.5) is 0 Å². The van der Waals surface area contributed by atoms with E-state index in [1.165, 1.54) is 30.7 Å². The van der Waals surface area contributed by atoms with Crippen LogP contribution in [-0.2, 0) is 16.1 Å². The number of ketones is 2. The molecule has 5 heteroatoms. The van der Waals surface area contributed by atoms with Crippen LogP contribution in [0.25, 0.3) is 10.9 Å². The van der Waals surface area contributed by atoms with Gasteiger partial charge in [0.15, 0.2) is 11.6 Å². The molecule has 0 bridgehead atoms. The number of carbonyl (C=O) groups excluding carboxylic acids is 2. The minimum Gasteiger partial charge on any atom is -0.345 e. The third-order valence-electron chi connectivity index (χ3n) is 10.3. The van der Waals surface area contributed by atoms with E-state index in [-0.39, 0.29) is 28.3 Å². The Hall–Kier alpha value is -3.11. The maximum atomic E-state index is 14.4. The van der Waals surface area contributed by atoms with Gasteiger partial charge in [0.25, 0.3) is 0 Å². The van der Waals surface area contributed by atoms with Crippen molar-refractivity contribution in [1.82, 2.24) is 9.47 Å². The van der Waals surface area contributed by atoms with Crippen LogP contribution in [0.15, 0.2) is 77.3 Å². The van der Waals surface area contributed by atoms with Crippen molar-refractivity contribution < 1.29 is 9.59 Å². The zero-order valence-electron chi connectivity index (χ0n) is 26.0. The quantitative estimate of drug-likeness (QED) is 0.302. The van der Waals surface area contributed by atoms with Crippen LogP contribution in [0.3, 0.4) is 0 Å². The van der Waals surface area contributed by atoms with Crippen LogP contribution < -0.4 is 0 Å². The third-order valence-corrected chi connectivity index (χ3v) is 10.5. The van der Waals surface area contributed by atoms with Gasteiger partial charge in [0.2, 0.25) is 0 Å². The van der Waals surface area contributed by atoms with Crippen LogP contribution in [0, 0.1) is 10.8 Å². The van der Waals surface area contributed by atoms with Gasteiger partial charge in [0.1, 0.15) is 0 Å². The molecule has 224 valence electrons. The van der Waals surface area contributed by atoms with E-state index >= 15 is 0 Å². The van der Waals surface area contributed by atoms with E-state index in [2.05, 4.69) is 73.7 Å². The summed E-state index contributed by atoms with van der Waals surface area (Å²) in [6, 6.07) is 16.8. The average molecular weight is 595 g/mol. The van der Waals surface area contributed by atoms with E-state index in [1.54, 1.807) is 0 Å². The summed E-state index contributed by atoms with van der Waals surface area (Å²) in [5, 5.41) is 1.84. The summed E-state index contributed by atoms with van der Waals surface area (Å²) in [5.41, 5.74) is 7.29. The Morgan fingerprint density at radius 3 is 2.05 bits per heavy atom. The lowest BCUT2D eigenvalue weighted by Gasteiger charge is -2.52. The molecule has 3 aliphatic carbocycles. The highest BCUT2D eigenvalue weighted by atomic mass is 35.5. The van der Waals surface area contributed by atoms with Crippen molar-refractivity contribution in [3.63, 3.8) is 0 Å². The predicted octanol–water partition coefficient (Wildman–Crippen LogP) is 9.36. The first-order valence-electron chi connectivity index (χ1n) is 16.2. The molecule has 4 nitrogen and oxygen atoms in total. The van der Waals surface area contributed by atoms with Gasteiger partial charge in [-0.1, -0.05) is 88.9 Å². The molecule has 43 heavy (non-hydrogen) atoms. The standard InChI is InChI=1S/C38H43ClN2O2/c1-37(2)18-30-35(32(42)20-37)34(36-31(19-38(3,4)21-33(36)43)41(30)26-13-6-5-7-14-26)28-23-40(29-16-9-8-15-27(28)29)22-24-11-10-12-25(39)17-24/h8-12,15-17,23,26,34H,5-7,13-14,18-22H2,1-4H3. The third kappa shape index (κ3) is 5.10. The lowest BCUT2D eigenvalue weighted by atomic mass is 9.63. The summed E-state index contributed by atoms with van der Waals surface area (Å²) in [6.07, 6.45) is 10.9. The van der Waals surface area contributed by atoms with Gasteiger partial charge < -0.3 is 9.47 Å². The highest BCUT2D eigenvalue weighted by Crippen LogP contribution is 2.56. The zero-order chi connectivity index (χ0) is 30.1. The summed E-state index contributed by atoms with van der Waals surface area (Å²) in [4.78, 5) is 31.4. The second-order valence-corrected chi connectivity index (χ2v) is 15.5. The molecule has 0 atom stereocenters. The largest absolute Gasteiger partial charge is 0.345 e. The average Bonchev–Trinajstić information content (AvgIpc) is 3.29. The zero-order valence-corrected chi connectivity index (χ0v) is 26.8. The van der Waals surface area contributed by atoms with Gasteiger partial charge in [-0.3, -0.25) is 9.59 Å². The number of aromatic nitrogens is 1. The van der Waals surface area contributed by atoms with Crippen LogP contribution >= 0.6 is 11.6 Å². The number of nitrogens with zero attached hydrogens (tertiary/aromatic N) is 2. The maximum Gasteiger partial charge on any atom is 0.162 e. The van der Waals surface area contributed by atoms with E-state index in [0.717, 1.165) is 63.9 Å². The first kappa shape index (κ1) is 28.6. The molecule has 3 aromatic rings. The Labute approximate surface area is 260 Å². The maximum absolute atomic E-state index is 14.4. The van der Waals surface area contributed by atoms with E-state index in [0.29, 0.717) is 25.4 Å². The number of Topliss-reactive ketones (excluding diaryl/α,β-unsaturated/α-hetero) is 2. The van der Waals surface area contributed by atoms with E-state index in [4.69, 9.17) is 11.6 Å². The van der Waals surface area contributed by atoms with Crippen molar-refractivity contribution in [2.45, 2.75) is 104 Å². The van der Waals surface area contributed by atoms with Crippen LogP contribution in [0.1, 0.15) is 103 Å². The number of carbonyl (C=O) groups is 2. The lowest BCUT2D eigenvalue weighted by molar-refractivity contribution is -0.119. The number of halogens is 1. The molecule has 2 heterocycles. The molecule has 0 saturated heterocycles. The molecule has 0 amide bonds. The molecule has 0 spiro atoms. The summed E-state index contributed by atoms with van der Waals surface area (Å²) >= 11 is 6.36. The highest BCUT2D eigenvalue weighted by Gasteiger charge is 2.50. The SMILES string of the molecule is CC1(C)CC(=O)C2=C(C1)N(C1CCCCC1)C1=C(C(=O)CC(C)(C)C1)C2c1cn(Cc2cccc(Cl)c2)c2ccccc12. The van der Waals surface area contributed by atoms with Gasteiger partial charge in [-0.25, -0.2) is 0 Å². The minimum atomic E-state index is -0.331. The van der Waals surface area contributed by atoms with Gasteiger partial charge in [0.05, 0.1) is 0 Å². The molecule has 1 saturated carbocycles. The topological polar surface area (TPSA) is 42.3 Å². The predicted molar refractivity (Wildman–Crippen MR) is 174 cm³/mol. The summed E-state index contributed by atoms with van der Waals surface area (Å²) in [5.74, 6) is 0.100. The van der Waals surface area contributed by atoms with Crippen LogP contribution in [-0.4, -0.2) is 27.1 Å². The fraction of sp³-hybridized carbons (Fsp3) is 0.474. The van der Waals surface area contributed by atoms with Crippen molar-refractivity contribution in [1.29, 1.82) is 0 Å². The number of hydrogen-bond donors (Lipinski definition) is 0. The van der Waals surface area contributed by atoms with Gasteiger partial charge in [-0.05, 0) is 65.8 Å². The minimum absolute atomic E-state index is 0.111. The summed E-state index contributed by atoms with van der Waals surface area (Å²) in [6.45, 7) is 9.61. The molecule has 7 rings (SSSR count).